The predicted octanol–water partition coefficient (Wildman–Crippen LogP) is 4.57. The number of benzene rings is 2. The van der Waals surface area contributed by atoms with Crippen LogP contribution < -0.4 is 0 Å². The summed E-state index contributed by atoms with van der Waals surface area (Å²) in [6.07, 6.45) is 2.02. The van der Waals surface area contributed by atoms with Gasteiger partial charge in [-0.1, -0.05) is 42.1 Å². The number of rotatable bonds is 3. The lowest BCUT2D eigenvalue weighted by Crippen LogP contribution is -1.99. The molecule has 0 aliphatic carbocycles. The van der Waals surface area contributed by atoms with Crippen molar-refractivity contribution >= 4 is 33.9 Å². The van der Waals surface area contributed by atoms with Gasteiger partial charge in [0.1, 0.15) is 0 Å². The van der Waals surface area contributed by atoms with Crippen molar-refractivity contribution in [2.45, 2.75) is 12.1 Å². The zero-order valence-corrected chi connectivity index (χ0v) is 14.4. The van der Waals surface area contributed by atoms with Crippen LogP contribution in [0.1, 0.15) is 5.69 Å². The van der Waals surface area contributed by atoms with Crippen LogP contribution in [0.5, 0.6) is 0 Å². The average molecular weight is 338 g/mol. The van der Waals surface area contributed by atoms with E-state index in [-0.39, 0.29) is 0 Å². The fourth-order valence-electron chi connectivity index (χ4n) is 2.61. The van der Waals surface area contributed by atoms with Crippen LogP contribution in [0.25, 0.3) is 27.2 Å². The molecule has 0 amide bonds. The summed E-state index contributed by atoms with van der Waals surface area (Å²) in [5.41, 5.74) is 3.90. The van der Waals surface area contributed by atoms with Gasteiger partial charge in [0.2, 0.25) is 0 Å². The van der Waals surface area contributed by atoms with E-state index in [1.807, 2.05) is 18.7 Å². The third-order valence-electron chi connectivity index (χ3n) is 3.76. The Balaban J connectivity index is 1.96. The van der Waals surface area contributed by atoms with Gasteiger partial charge in [0.15, 0.2) is 11.0 Å². The second-order valence-corrected chi connectivity index (χ2v) is 6.77. The van der Waals surface area contributed by atoms with Gasteiger partial charge >= 0.3 is 0 Å². The van der Waals surface area contributed by atoms with E-state index in [0.717, 1.165) is 27.2 Å². The lowest BCUT2D eigenvalue weighted by atomic mass is 10.1. The number of hydrogen-bond donors (Lipinski definition) is 0. The number of aryl methyl sites for hydroxylation is 1. The highest BCUT2D eigenvalue weighted by Crippen LogP contribution is 2.32. The molecule has 0 saturated heterocycles. The molecule has 2 heterocycles. The molecular formula is C17H14N4S2. The van der Waals surface area contributed by atoms with Gasteiger partial charge in [-0.2, -0.15) is 0 Å². The molecule has 0 aliphatic rings. The Bertz CT molecular complexity index is 987. The molecule has 0 spiro atoms. The Morgan fingerprint density at radius 3 is 2.61 bits per heavy atom. The van der Waals surface area contributed by atoms with E-state index in [4.69, 9.17) is 0 Å². The van der Waals surface area contributed by atoms with Crippen molar-refractivity contribution in [2.75, 3.05) is 6.26 Å². The zero-order valence-electron chi connectivity index (χ0n) is 12.7. The Morgan fingerprint density at radius 2 is 1.87 bits per heavy atom. The molecule has 0 fully saturated rings. The van der Waals surface area contributed by atoms with E-state index in [0.29, 0.717) is 0 Å². The molecule has 114 valence electrons. The molecule has 0 radical (unpaired) electrons. The van der Waals surface area contributed by atoms with Crippen LogP contribution in [0.15, 0.2) is 53.1 Å². The van der Waals surface area contributed by atoms with E-state index >= 15 is 0 Å². The van der Waals surface area contributed by atoms with Crippen LogP contribution in [-0.2, 0) is 0 Å². The number of aromatic nitrogens is 4. The van der Waals surface area contributed by atoms with Gasteiger partial charge in [-0.25, -0.2) is 4.98 Å². The SMILES string of the molecule is CSc1nnc(-c2scnc2C)n1-c1ccc2ccccc2c1. The number of nitrogens with zero attached hydrogens (tertiary/aromatic N) is 4. The molecule has 2 aromatic heterocycles. The minimum absolute atomic E-state index is 0.852. The summed E-state index contributed by atoms with van der Waals surface area (Å²) >= 11 is 3.19. The standard InChI is InChI=1S/C17H14N4S2/c1-11-15(23-10-18-11)16-19-20-17(22-2)21(16)14-8-7-12-5-3-4-6-13(12)9-14/h3-10H,1-2H3. The first kappa shape index (κ1) is 14.4. The Morgan fingerprint density at radius 1 is 1.04 bits per heavy atom. The molecule has 6 heteroatoms. The molecule has 0 unspecified atom stereocenters. The number of fused-ring (bicyclic) bond motifs is 1. The Hall–Kier alpha value is -2.18. The fourth-order valence-corrected chi connectivity index (χ4v) is 3.89. The monoisotopic (exact) mass is 338 g/mol. The quantitative estimate of drug-likeness (QED) is 0.513. The summed E-state index contributed by atoms with van der Waals surface area (Å²) in [4.78, 5) is 5.40. The van der Waals surface area contributed by atoms with Crippen molar-refractivity contribution in [3.63, 3.8) is 0 Å². The average Bonchev–Trinajstić information content (AvgIpc) is 3.19. The van der Waals surface area contributed by atoms with Crippen molar-refractivity contribution in [1.82, 2.24) is 19.7 Å². The molecule has 0 N–H and O–H groups in total. The van der Waals surface area contributed by atoms with Crippen molar-refractivity contribution in [3.8, 4) is 16.4 Å². The van der Waals surface area contributed by atoms with Gasteiger partial charge in [-0.15, -0.1) is 21.5 Å². The van der Waals surface area contributed by atoms with Gasteiger partial charge in [0.05, 0.1) is 21.8 Å². The Kier molecular flexibility index (Phi) is 3.63. The van der Waals surface area contributed by atoms with Crippen molar-refractivity contribution in [3.05, 3.63) is 53.7 Å². The molecular weight excluding hydrogens is 324 g/mol. The van der Waals surface area contributed by atoms with E-state index in [2.05, 4.69) is 62.2 Å². The molecule has 0 atom stereocenters. The summed E-state index contributed by atoms with van der Waals surface area (Å²) in [6.45, 7) is 2.00. The predicted molar refractivity (Wildman–Crippen MR) is 96.5 cm³/mol. The molecule has 4 aromatic rings. The van der Waals surface area contributed by atoms with Gasteiger partial charge in [0.25, 0.3) is 0 Å². The largest absolute Gasteiger partial charge is 0.269 e. The smallest absolute Gasteiger partial charge is 0.195 e. The van der Waals surface area contributed by atoms with Crippen LogP contribution >= 0.6 is 23.1 Å². The van der Waals surface area contributed by atoms with Crippen molar-refractivity contribution < 1.29 is 0 Å². The van der Waals surface area contributed by atoms with E-state index in [1.54, 1.807) is 23.1 Å². The highest BCUT2D eigenvalue weighted by molar-refractivity contribution is 7.98. The minimum atomic E-state index is 0.852. The number of thioether (sulfide) groups is 1. The summed E-state index contributed by atoms with van der Waals surface area (Å²) in [5, 5.41) is 12.1. The van der Waals surface area contributed by atoms with Crippen LogP contribution in [0, 0.1) is 6.92 Å². The van der Waals surface area contributed by atoms with E-state index < -0.39 is 0 Å². The van der Waals surface area contributed by atoms with Crippen molar-refractivity contribution in [2.24, 2.45) is 0 Å². The third kappa shape index (κ3) is 2.44. The fraction of sp³-hybridized carbons (Fsp3) is 0.118. The third-order valence-corrected chi connectivity index (χ3v) is 5.31. The maximum Gasteiger partial charge on any atom is 0.195 e. The summed E-state index contributed by atoms with van der Waals surface area (Å²) in [5.74, 6) is 0.852. The first-order valence-electron chi connectivity index (χ1n) is 7.17. The van der Waals surface area contributed by atoms with Crippen molar-refractivity contribution in [1.29, 1.82) is 0 Å². The number of hydrogen-bond acceptors (Lipinski definition) is 5. The molecule has 23 heavy (non-hydrogen) atoms. The second-order valence-electron chi connectivity index (χ2n) is 5.14. The van der Waals surface area contributed by atoms with Crippen LogP contribution in [0.3, 0.4) is 0 Å². The lowest BCUT2D eigenvalue weighted by molar-refractivity contribution is 0.890. The van der Waals surface area contributed by atoms with Gasteiger partial charge in [0, 0.05) is 0 Å². The summed E-state index contributed by atoms with van der Waals surface area (Å²) < 4.78 is 2.11. The van der Waals surface area contributed by atoms with Crippen LogP contribution in [-0.4, -0.2) is 26.0 Å². The molecule has 0 aliphatic heterocycles. The molecule has 0 saturated carbocycles. The van der Waals surface area contributed by atoms with Gasteiger partial charge in [-0.05, 0) is 36.1 Å². The topological polar surface area (TPSA) is 43.6 Å². The highest BCUT2D eigenvalue weighted by atomic mass is 32.2. The lowest BCUT2D eigenvalue weighted by Gasteiger charge is -2.10. The normalized spacial score (nSPS) is 11.2. The second kappa shape index (κ2) is 5.79. The molecule has 2 aromatic carbocycles. The first-order chi connectivity index (χ1) is 11.3. The van der Waals surface area contributed by atoms with Gasteiger partial charge in [-0.3, -0.25) is 4.57 Å². The molecule has 4 rings (SSSR count). The summed E-state index contributed by atoms with van der Waals surface area (Å²) in [6, 6.07) is 14.8. The summed E-state index contributed by atoms with van der Waals surface area (Å²) in [7, 11) is 0. The number of thiazole rings is 1. The van der Waals surface area contributed by atoms with Crippen LogP contribution in [0.2, 0.25) is 0 Å². The zero-order chi connectivity index (χ0) is 15.8. The van der Waals surface area contributed by atoms with E-state index in [1.165, 1.54) is 10.8 Å². The van der Waals surface area contributed by atoms with Crippen LogP contribution in [0.4, 0.5) is 0 Å². The maximum atomic E-state index is 4.41. The maximum absolute atomic E-state index is 4.41. The molecule has 0 bridgehead atoms. The van der Waals surface area contributed by atoms with E-state index in [9.17, 15) is 0 Å². The Labute approximate surface area is 142 Å². The molecule has 4 nitrogen and oxygen atoms in total. The first-order valence-corrected chi connectivity index (χ1v) is 9.27. The highest BCUT2D eigenvalue weighted by Gasteiger charge is 2.18. The minimum Gasteiger partial charge on any atom is -0.269 e. The van der Waals surface area contributed by atoms with Gasteiger partial charge < -0.3 is 0 Å².